The molecular formula is C13H17NOS. The molecule has 0 amide bonds. The fourth-order valence-corrected chi connectivity index (χ4v) is 4.83. The molecule has 1 fully saturated rings. The molecule has 1 spiro atoms. The summed E-state index contributed by atoms with van der Waals surface area (Å²) < 4.78 is 12.1. The molecule has 0 aliphatic carbocycles. The van der Waals surface area contributed by atoms with E-state index in [-0.39, 0.29) is 5.41 Å². The number of benzene rings is 1. The van der Waals surface area contributed by atoms with Crippen molar-refractivity contribution in [2.24, 2.45) is 0 Å². The summed E-state index contributed by atoms with van der Waals surface area (Å²) in [6.45, 7) is 2.26. The van der Waals surface area contributed by atoms with Crippen LogP contribution < -0.4 is 0 Å². The lowest BCUT2D eigenvalue weighted by Gasteiger charge is -2.36. The maximum absolute atomic E-state index is 12.1. The van der Waals surface area contributed by atoms with Gasteiger partial charge in [0.1, 0.15) is 5.75 Å². The third-order valence-corrected chi connectivity index (χ3v) is 5.72. The monoisotopic (exact) mass is 235 g/mol. The smallest absolute Gasteiger partial charge is 0.156 e. The van der Waals surface area contributed by atoms with Crippen LogP contribution in [0.25, 0.3) is 0 Å². The first-order valence-electron chi connectivity index (χ1n) is 5.88. The quantitative estimate of drug-likeness (QED) is 0.641. The van der Waals surface area contributed by atoms with Crippen LogP contribution in [0.5, 0.6) is 0 Å². The number of likely N-dealkylation sites (tertiary alicyclic amines) is 1. The van der Waals surface area contributed by atoms with Crippen LogP contribution in [0.3, 0.4) is 0 Å². The van der Waals surface area contributed by atoms with Gasteiger partial charge in [-0.25, -0.2) is 0 Å². The van der Waals surface area contributed by atoms with Gasteiger partial charge in [0.2, 0.25) is 0 Å². The molecule has 1 aromatic rings. The molecule has 0 radical (unpaired) electrons. The van der Waals surface area contributed by atoms with E-state index >= 15 is 0 Å². The van der Waals surface area contributed by atoms with Gasteiger partial charge in [-0.05, 0) is 50.2 Å². The fraction of sp³-hybridized carbons (Fsp3) is 0.538. The van der Waals surface area contributed by atoms with Crippen molar-refractivity contribution in [2.45, 2.75) is 23.2 Å². The Hall–Kier alpha value is -0.510. The van der Waals surface area contributed by atoms with Crippen molar-refractivity contribution in [1.29, 1.82) is 0 Å². The van der Waals surface area contributed by atoms with Crippen molar-refractivity contribution in [2.75, 3.05) is 25.9 Å². The van der Waals surface area contributed by atoms with Crippen LogP contribution in [0.1, 0.15) is 18.4 Å². The largest absolute Gasteiger partial charge is 0.611 e. The van der Waals surface area contributed by atoms with Crippen LogP contribution in [-0.4, -0.2) is 35.3 Å². The normalized spacial score (nSPS) is 28.2. The maximum Gasteiger partial charge on any atom is 0.156 e. The van der Waals surface area contributed by atoms with E-state index in [1.54, 1.807) is 0 Å². The van der Waals surface area contributed by atoms with E-state index in [1.165, 1.54) is 5.56 Å². The summed E-state index contributed by atoms with van der Waals surface area (Å²) in [6.07, 6.45) is 2.32. The highest BCUT2D eigenvalue weighted by molar-refractivity contribution is 7.91. The molecule has 0 aromatic heterocycles. The van der Waals surface area contributed by atoms with Crippen molar-refractivity contribution < 1.29 is 4.55 Å². The molecule has 2 aliphatic heterocycles. The molecule has 2 heterocycles. The van der Waals surface area contributed by atoms with Gasteiger partial charge in [0.15, 0.2) is 4.90 Å². The molecule has 1 atom stereocenters. The van der Waals surface area contributed by atoms with Gasteiger partial charge in [-0.15, -0.1) is 0 Å². The van der Waals surface area contributed by atoms with Gasteiger partial charge in [-0.1, -0.05) is 18.2 Å². The fourth-order valence-electron chi connectivity index (χ4n) is 2.97. The second kappa shape index (κ2) is 3.76. The van der Waals surface area contributed by atoms with E-state index in [4.69, 9.17) is 0 Å². The Bertz CT molecular complexity index is 399. The van der Waals surface area contributed by atoms with Gasteiger partial charge < -0.3 is 9.45 Å². The van der Waals surface area contributed by atoms with Crippen molar-refractivity contribution >= 4 is 11.2 Å². The van der Waals surface area contributed by atoms with Gasteiger partial charge >= 0.3 is 0 Å². The number of rotatable bonds is 0. The molecular weight excluding hydrogens is 218 g/mol. The minimum absolute atomic E-state index is 0.216. The van der Waals surface area contributed by atoms with Crippen LogP contribution >= 0.6 is 0 Å². The second-order valence-electron chi connectivity index (χ2n) is 5.07. The first-order valence-corrected chi connectivity index (χ1v) is 7.20. The third-order valence-electron chi connectivity index (χ3n) is 4.06. The van der Waals surface area contributed by atoms with E-state index in [9.17, 15) is 4.55 Å². The van der Waals surface area contributed by atoms with Crippen LogP contribution in [-0.2, 0) is 16.6 Å². The summed E-state index contributed by atoms with van der Waals surface area (Å²) in [5.74, 6) is 0.847. The van der Waals surface area contributed by atoms with Crippen molar-refractivity contribution in [3.05, 3.63) is 29.8 Å². The molecule has 86 valence electrons. The Labute approximate surface area is 99.8 Å². The van der Waals surface area contributed by atoms with Crippen molar-refractivity contribution in [3.63, 3.8) is 0 Å². The summed E-state index contributed by atoms with van der Waals surface area (Å²) in [4.78, 5) is 3.46. The highest BCUT2D eigenvalue weighted by Gasteiger charge is 2.48. The summed E-state index contributed by atoms with van der Waals surface area (Å²) in [5, 5.41) is 0. The lowest BCUT2D eigenvalue weighted by atomic mass is 9.75. The predicted octanol–water partition coefficient (Wildman–Crippen LogP) is 1.77. The minimum atomic E-state index is -0.764. The molecule has 0 bridgehead atoms. The van der Waals surface area contributed by atoms with E-state index in [0.717, 1.165) is 36.6 Å². The summed E-state index contributed by atoms with van der Waals surface area (Å²) in [7, 11) is 2.17. The first-order chi connectivity index (χ1) is 7.71. The topological polar surface area (TPSA) is 26.3 Å². The SMILES string of the molecule is CN1CCC2(CC1)C[S+]([O-])c1ccccc12. The van der Waals surface area contributed by atoms with Crippen molar-refractivity contribution in [1.82, 2.24) is 4.90 Å². The second-order valence-corrected chi connectivity index (χ2v) is 6.49. The number of fused-ring (bicyclic) bond motifs is 2. The zero-order chi connectivity index (χ0) is 11.2. The van der Waals surface area contributed by atoms with E-state index in [0.29, 0.717) is 0 Å². The molecule has 3 heteroatoms. The van der Waals surface area contributed by atoms with Gasteiger partial charge in [-0.3, -0.25) is 0 Å². The van der Waals surface area contributed by atoms with Gasteiger partial charge in [0.05, 0.1) is 0 Å². The molecule has 3 rings (SSSR count). The Morgan fingerprint density at radius 2 is 1.94 bits per heavy atom. The molecule has 0 N–H and O–H groups in total. The molecule has 0 saturated carbocycles. The average Bonchev–Trinajstić information content (AvgIpc) is 2.58. The summed E-state index contributed by atoms with van der Waals surface area (Å²) in [6, 6.07) is 8.32. The molecule has 2 aliphatic rings. The molecule has 1 aromatic carbocycles. The van der Waals surface area contributed by atoms with Crippen LogP contribution in [0.15, 0.2) is 29.2 Å². The highest BCUT2D eigenvalue weighted by Crippen LogP contribution is 2.45. The Kier molecular flexibility index (Phi) is 2.50. The zero-order valence-electron chi connectivity index (χ0n) is 9.61. The zero-order valence-corrected chi connectivity index (χ0v) is 10.4. The number of piperidine rings is 1. The molecule has 16 heavy (non-hydrogen) atoms. The van der Waals surface area contributed by atoms with E-state index < -0.39 is 11.2 Å². The van der Waals surface area contributed by atoms with Crippen molar-refractivity contribution in [3.8, 4) is 0 Å². The summed E-state index contributed by atoms with van der Waals surface area (Å²) in [5.41, 5.74) is 1.58. The molecule has 1 unspecified atom stereocenters. The lowest BCUT2D eigenvalue weighted by molar-refractivity contribution is 0.203. The molecule has 1 saturated heterocycles. The number of hydrogen-bond donors (Lipinski definition) is 0. The summed E-state index contributed by atoms with van der Waals surface area (Å²) >= 11 is -0.764. The van der Waals surface area contributed by atoms with Gasteiger partial charge in [0, 0.05) is 11.0 Å². The average molecular weight is 235 g/mol. The first kappa shape index (κ1) is 10.6. The third kappa shape index (κ3) is 1.50. The van der Waals surface area contributed by atoms with E-state index in [2.05, 4.69) is 24.1 Å². The Morgan fingerprint density at radius 1 is 1.25 bits per heavy atom. The maximum atomic E-state index is 12.1. The highest BCUT2D eigenvalue weighted by atomic mass is 32.2. The van der Waals surface area contributed by atoms with Gasteiger partial charge in [0.25, 0.3) is 0 Å². The number of nitrogens with zero attached hydrogens (tertiary/aromatic N) is 1. The van der Waals surface area contributed by atoms with Crippen LogP contribution in [0.4, 0.5) is 0 Å². The number of hydrogen-bond acceptors (Lipinski definition) is 2. The van der Waals surface area contributed by atoms with E-state index in [1.807, 2.05) is 12.1 Å². The Balaban J connectivity index is 1.99. The minimum Gasteiger partial charge on any atom is -0.611 e. The van der Waals surface area contributed by atoms with Gasteiger partial charge in [-0.2, -0.15) is 0 Å². The lowest BCUT2D eigenvalue weighted by Crippen LogP contribution is -2.41. The molecule has 2 nitrogen and oxygen atoms in total. The predicted molar refractivity (Wildman–Crippen MR) is 66.1 cm³/mol. The van der Waals surface area contributed by atoms with Crippen LogP contribution in [0.2, 0.25) is 0 Å². The standard InChI is InChI=1S/C13H17NOS/c1-14-8-6-13(7-9-14)10-16(15)12-5-3-2-4-11(12)13/h2-5H,6-10H2,1H3. The van der Waals surface area contributed by atoms with Crippen LogP contribution in [0, 0.1) is 0 Å². The Morgan fingerprint density at radius 3 is 2.69 bits per heavy atom.